The topological polar surface area (TPSA) is 83.6 Å². The third-order valence-corrected chi connectivity index (χ3v) is 2.66. The van der Waals surface area contributed by atoms with Crippen LogP contribution >= 0.6 is 0 Å². The molecule has 1 aromatic rings. The van der Waals surface area contributed by atoms with Crippen LogP contribution in [0.4, 0.5) is 5.69 Å². The maximum absolute atomic E-state index is 11.8. The van der Waals surface area contributed by atoms with Crippen LogP contribution in [0.3, 0.4) is 0 Å². The third-order valence-electron chi connectivity index (χ3n) is 2.66. The van der Waals surface area contributed by atoms with E-state index in [-0.39, 0.29) is 12.3 Å². The normalized spacial score (nSPS) is 24.8. The predicted molar refractivity (Wildman–Crippen MR) is 57.9 cm³/mol. The number of benzene rings is 1. The van der Waals surface area contributed by atoms with Gasteiger partial charge in [0.15, 0.2) is 0 Å². The van der Waals surface area contributed by atoms with Crippen LogP contribution in [0, 0.1) is 0 Å². The molecule has 1 saturated heterocycles. The Balaban J connectivity index is 2.37. The van der Waals surface area contributed by atoms with E-state index >= 15 is 0 Å². The number of nitrogens with two attached hydrogens (primary N) is 1. The van der Waals surface area contributed by atoms with Gasteiger partial charge < -0.3 is 10.8 Å². The molecule has 1 amide bonds. The second-order valence-electron chi connectivity index (χ2n) is 3.74. The highest BCUT2D eigenvalue weighted by Crippen LogP contribution is 2.25. The number of carboxylic acid groups (broad SMARTS) is 1. The number of anilines is 1. The molecule has 1 aliphatic rings. The first-order chi connectivity index (χ1) is 7.61. The molecule has 0 bridgehead atoms. The van der Waals surface area contributed by atoms with Gasteiger partial charge in [-0.2, -0.15) is 0 Å². The maximum atomic E-state index is 11.8. The first-order valence-corrected chi connectivity index (χ1v) is 4.98. The summed E-state index contributed by atoms with van der Waals surface area (Å²) in [6.45, 7) is 0. The fraction of sp³-hybridized carbons (Fsp3) is 0.273. The van der Waals surface area contributed by atoms with Gasteiger partial charge in [0.05, 0.1) is 6.04 Å². The van der Waals surface area contributed by atoms with Crippen molar-refractivity contribution in [3.05, 3.63) is 30.3 Å². The largest absolute Gasteiger partial charge is 0.480 e. The second kappa shape index (κ2) is 3.94. The Morgan fingerprint density at radius 1 is 1.38 bits per heavy atom. The zero-order valence-corrected chi connectivity index (χ0v) is 8.54. The van der Waals surface area contributed by atoms with Crippen LogP contribution in [0.1, 0.15) is 6.42 Å². The average Bonchev–Trinajstić information content (AvgIpc) is 2.57. The van der Waals surface area contributed by atoms with E-state index in [0.29, 0.717) is 5.69 Å². The fourth-order valence-corrected chi connectivity index (χ4v) is 1.89. The van der Waals surface area contributed by atoms with Crippen LogP contribution in [0.2, 0.25) is 0 Å². The van der Waals surface area contributed by atoms with Crippen LogP contribution < -0.4 is 10.6 Å². The Bertz CT molecular complexity index is 418. The number of para-hydroxylation sites is 1. The van der Waals surface area contributed by atoms with Crippen LogP contribution in [0.5, 0.6) is 0 Å². The van der Waals surface area contributed by atoms with Gasteiger partial charge in [0.2, 0.25) is 5.91 Å². The second-order valence-corrected chi connectivity index (χ2v) is 3.74. The van der Waals surface area contributed by atoms with Gasteiger partial charge in [0, 0.05) is 12.1 Å². The lowest BCUT2D eigenvalue weighted by Crippen LogP contribution is -2.40. The smallest absolute Gasteiger partial charge is 0.326 e. The molecule has 5 heteroatoms. The SMILES string of the molecule is N[C@H]1C[C@@H](C(=O)O)N(c2ccccc2)C1=O. The highest BCUT2D eigenvalue weighted by atomic mass is 16.4. The van der Waals surface area contributed by atoms with Gasteiger partial charge in [0.1, 0.15) is 6.04 Å². The van der Waals surface area contributed by atoms with E-state index in [0.717, 1.165) is 0 Å². The molecule has 0 radical (unpaired) electrons. The zero-order valence-electron chi connectivity index (χ0n) is 8.54. The van der Waals surface area contributed by atoms with Crippen LogP contribution in [0.25, 0.3) is 0 Å². The summed E-state index contributed by atoms with van der Waals surface area (Å²) in [4.78, 5) is 24.0. The molecule has 1 fully saturated rings. The lowest BCUT2D eigenvalue weighted by molar-refractivity contribution is -0.138. The molecule has 16 heavy (non-hydrogen) atoms. The molecule has 2 rings (SSSR count). The Labute approximate surface area is 92.5 Å². The first-order valence-electron chi connectivity index (χ1n) is 4.98. The standard InChI is InChI=1S/C11H12N2O3/c12-8-6-9(11(15)16)13(10(8)14)7-4-2-1-3-5-7/h1-5,8-9H,6,12H2,(H,15,16)/t8-,9-/m0/s1. The van der Waals surface area contributed by atoms with E-state index in [1.807, 2.05) is 0 Å². The van der Waals surface area contributed by atoms with Crippen molar-refractivity contribution in [2.45, 2.75) is 18.5 Å². The Morgan fingerprint density at radius 2 is 2.00 bits per heavy atom. The zero-order chi connectivity index (χ0) is 11.7. The van der Waals surface area contributed by atoms with E-state index in [1.54, 1.807) is 30.3 Å². The summed E-state index contributed by atoms with van der Waals surface area (Å²) in [6.07, 6.45) is 0.156. The summed E-state index contributed by atoms with van der Waals surface area (Å²) in [5.74, 6) is -1.36. The highest BCUT2D eigenvalue weighted by Gasteiger charge is 2.42. The fourth-order valence-electron chi connectivity index (χ4n) is 1.89. The summed E-state index contributed by atoms with van der Waals surface area (Å²) in [7, 11) is 0. The minimum atomic E-state index is -1.02. The van der Waals surface area contributed by atoms with Crippen molar-refractivity contribution in [3.63, 3.8) is 0 Å². The number of carbonyl (C=O) groups excluding carboxylic acids is 1. The van der Waals surface area contributed by atoms with E-state index < -0.39 is 18.1 Å². The quantitative estimate of drug-likeness (QED) is 0.746. The molecule has 0 unspecified atom stereocenters. The molecule has 0 aliphatic carbocycles. The summed E-state index contributed by atoms with van der Waals surface area (Å²) in [6, 6.07) is 7.14. The minimum Gasteiger partial charge on any atom is -0.480 e. The number of rotatable bonds is 2. The van der Waals surface area contributed by atoms with Gasteiger partial charge in [-0.25, -0.2) is 4.79 Å². The number of nitrogens with zero attached hydrogens (tertiary/aromatic N) is 1. The van der Waals surface area contributed by atoms with Crippen molar-refractivity contribution < 1.29 is 14.7 Å². The Kier molecular flexibility index (Phi) is 2.62. The van der Waals surface area contributed by atoms with Crippen molar-refractivity contribution in [1.82, 2.24) is 0 Å². The lowest BCUT2D eigenvalue weighted by Gasteiger charge is -2.21. The molecule has 1 heterocycles. The molecular formula is C11H12N2O3. The molecule has 5 nitrogen and oxygen atoms in total. The molecule has 3 N–H and O–H groups in total. The number of hydrogen-bond acceptors (Lipinski definition) is 3. The van der Waals surface area contributed by atoms with Gasteiger partial charge in [-0.3, -0.25) is 9.69 Å². The van der Waals surface area contributed by atoms with Gasteiger partial charge >= 0.3 is 5.97 Å². The first kappa shape index (κ1) is 10.6. The lowest BCUT2D eigenvalue weighted by atomic mass is 10.2. The Morgan fingerprint density at radius 3 is 2.56 bits per heavy atom. The van der Waals surface area contributed by atoms with E-state index in [4.69, 9.17) is 10.8 Å². The summed E-state index contributed by atoms with van der Waals surface area (Å²) in [5, 5.41) is 9.03. The van der Waals surface area contributed by atoms with Crippen molar-refractivity contribution in [2.75, 3.05) is 4.90 Å². The van der Waals surface area contributed by atoms with Crippen LogP contribution in [-0.2, 0) is 9.59 Å². The van der Waals surface area contributed by atoms with Crippen molar-refractivity contribution in [1.29, 1.82) is 0 Å². The number of amides is 1. The van der Waals surface area contributed by atoms with Crippen LogP contribution in [0.15, 0.2) is 30.3 Å². The average molecular weight is 220 g/mol. The van der Waals surface area contributed by atoms with Crippen LogP contribution in [-0.4, -0.2) is 29.1 Å². The predicted octanol–water partition coefficient (Wildman–Crippen LogP) is 0.204. The molecule has 84 valence electrons. The molecule has 0 aromatic heterocycles. The van der Waals surface area contributed by atoms with Gasteiger partial charge in [-0.15, -0.1) is 0 Å². The number of aliphatic carboxylic acids is 1. The monoisotopic (exact) mass is 220 g/mol. The number of carbonyl (C=O) groups is 2. The molecule has 1 aliphatic heterocycles. The van der Waals surface area contributed by atoms with Crippen molar-refractivity contribution in [3.8, 4) is 0 Å². The maximum Gasteiger partial charge on any atom is 0.326 e. The third kappa shape index (κ3) is 1.65. The van der Waals surface area contributed by atoms with Gasteiger partial charge in [-0.05, 0) is 12.1 Å². The van der Waals surface area contributed by atoms with E-state index in [2.05, 4.69) is 0 Å². The summed E-state index contributed by atoms with van der Waals surface area (Å²) < 4.78 is 0. The van der Waals surface area contributed by atoms with E-state index in [1.165, 1.54) is 4.90 Å². The molecule has 0 saturated carbocycles. The number of hydrogen-bond donors (Lipinski definition) is 2. The summed E-state index contributed by atoms with van der Waals surface area (Å²) in [5.41, 5.74) is 6.16. The minimum absolute atomic E-state index is 0.156. The van der Waals surface area contributed by atoms with Gasteiger partial charge in [-0.1, -0.05) is 18.2 Å². The van der Waals surface area contributed by atoms with E-state index in [9.17, 15) is 9.59 Å². The molecule has 2 atom stereocenters. The highest BCUT2D eigenvalue weighted by molar-refractivity contribution is 6.05. The Hall–Kier alpha value is -1.88. The van der Waals surface area contributed by atoms with Crippen molar-refractivity contribution >= 4 is 17.6 Å². The molecule has 1 aromatic carbocycles. The van der Waals surface area contributed by atoms with Gasteiger partial charge in [0.25, 0.3) is 0 Å². The number of carboxylic acids is 1. The summed E-state index contributed by atoms with van der Waals surface area (Å²) >= 11 is 0. The molecular weight excluding hydrogens is 208 g/mol. The molecule has 0 spiro atoms. The van der Waals surface area contributed by atoms with Crippen molar-refractivity contribution in [2.24, 2.45) is 5.73 Å².